The maximum absolute atomic E-state index is 13.6. The molecule has 72 valence electrons. The molecule has 0 aliphatic carbocycles. The lowest BCUT2D eigenvalue weighted by Crippen LogP contribution is -1.98. The van der Waals surface area contributed by atoms with Crippen LogP contribution in [0.4, 0.5) is 4.39 Å². The zero-order chi connectivity index (χ0) is 9.42. The molecule has 0 saturated carbocycles. The van der Waals surface area contributed by atoms with Crippen LogP contribution < -0.4 is 0 Å². The third-order valence-corrected chi connectivity index (χ3v) is 2.68. The molecule has 2 rings (SSSR count). The van der Waals surface area contributed by atoms with Crippen LogP contribution in [0.2, 0.25) is 0 Å². The number of benzene rings is 1. The molecular weight excluding hydrogens is 167 g/mol. The van der Waals surface area contributed by atoms with E-state index in [9.17, 15) is 4.39 Å². The predicted octanol–water partition coefficient (Wildman–Crippen LogP) is 2.97. The fourth-order valence-electron chi connectivity index (χ4n) is 1.82. The summed E-state index contributed by atoms with van der Waals surface area (Å²) < 4.78 is 18.9. The summed E-state index contributed by atoms with van der Waals surface area (Å²) in [5, 5.41) is 0. The van der Waals surface area contributed by atoms with Gasteiger partial charge in [-0.2, -0.15) is 0 Å². The molecule has 1 heterocycles. The van der Waals surface area contributed by atoms with Crippen LogP contribution in [0.25, 0.3) is 0 Å². The molecule has 0 bridgehead atoms. The zero-order valence-electron chi connectivity index (χ0n) is 7.98. The van der Waals surface area contributed by atoms with Crippen molar-refractivity contribution in [1.82, 2.24) is 0 Å². The van der Waals surface area contributed by atoms with Crippen molar-refractivity contribution < 1.29 is 10.6 Å². The molecule has 2 heteroatoms. The van der Waals surface area contributed by atoms with Gasteiger partial charge in [-0.15, -0.1) is 0 Å². The van der Waals surface area contributed by atoms with Gasteiger partial charge in [0.1, 0.15) is 5.82 Å². The number of aryl methyl sites for hydroxylation is 1. The Balaban J connectivity index is 0.000000980. The normalized spacial score (nSPS) is 14.7. The molecule has 1 aromatic carbocycles. The molecule has 0 radical (unpaired) electrons. The topological polar surface area (TPSA) is 9.23 Å². The molecule has 0 aromatic heterocycles. The molecule has 0 saturated heterocycles. The van der Waals surface area contributed by atoms with Crippen molar-refractivity contribution in [3.8, 4) is 0 Å². The van der Waals surface area contributed by atoms with E-state index in [0.29, 0.717) is 13.2 Å². The molecule has 0 amide bonds. The molecule has 0 unspecified atom stereocenters. The highest BCUT2D eigenvalue weighted by Crippen LogP contribution is 2.27. The highest BCUT2D eigenvalue weighted by atomic mass is 19.1. The molecular formula is C11H15FO. The SMILES string of the molecule is CCc1cc2c(c(C)c1F)COC2.[HH]. The Kier molecular flexibility index (Phi) is 2.08. The molecule has 0 atom stereocenters. The van der Waals surface area contributed by atoms with E-state index >= 15 is 0 Å². The first-order valence-electron chi connectivity index (χ1n) is 4.61. The van der Waals surface area contributed by atoms with Crippen LogP contribution in [0, 0.1) is 12.7 Å². The van der Waals surface area contributed by atoms with E-state index in [0.717, 1.165) is 28.7 Å². The molecule has 1 aliphatic heterocycles. The maximum atomic E-state index is 13.6. The second kappa shape index (κ2) is 3.11. The Morgan fingerprint density at radius 3 is 3.00 bits per heavy atom. The lowest BCUT2D eigenvalue weighted by atomic mass is 9.98. The van der Waals surface area contributed by atoms with Gasteiger partial charge in [0, 0.05) is 1.43 Å². The van der Waals surface area contributed by atoms with Gasteiger partial charge in [0.05, 0.1) is 13.2 Å². The minimum Gasteiger partial charge on any atom is -0.372 e. The largest absolute Gasteiger partial charge is 0.372 e. The van der Waals surface area contributed by atoms with Crippen molar-refractivity contribution in [3.63, 3.8) is 0 Å². The van der Waals surface area contributed by atoms with E-state index in [4.69, 9.17) is 4.74 Å². The third-order valence-electron chi connectivity index (χ3n) is 2.68. The second-order valence-corrected chi connectivity index (χ2v) is 3.46. The predicted molar refractivity (Wildman–Crippen MR) is 51.1 cm³/mol. The molecule has 1 nitrogen and oxygen atoms in total. The molecule has 0 spiro atoms. The molecule has 1 aromatic rings. The van der Waals surface area contributed by atoms with Crippen molar-refractivity contribution in [2.45, 2.75) is 33.5 Å². The molecule has 1 aliphatic rings. The minimum absolute atomic E-state index is 0. The summed E-state index contributed by atoms with van der Waals surface area (Å²) in [6.45, 7) is 5.02. The minimum atomic E-state index is -0.0493. The summed E-state index contributed by atoms with van der Waals surface area (Å²) in [6, 6.07) is 1.94. The lowest BCUT2D eigenvalue weighted by Gasteiger charge is -2.08. The molecule has 0 N–H and O–H groups in total. The number of hydrogen-bond donors (Lipinski definition) is 0. The highest BCUT2D eigenvalue weighted by Gasteiger charge is 2.18. The molecule has 13 heavy (non-hydrogen) atoms. The summed E-state index contributed by atoms with van der Waals surface area (Å²) in [7, 11) is 0. The smallest absolute Gasteiger partial charge is 0.129 e. The maximum Gasteiger partial charge on any atom is 0.129 e. The van der Waals surface area contributed by atoms with E-state index in [1.165, 1.54) is 0 Å². The van der Waals surface area contributed by atoms with Crippen LogP contribution in [-0.4, -0.2) is 0 Å². The third kappa shape index (κ3) is 1.25. The first kappa shape index (κ1) is 8.70. The number of fused-ring (bicyclic) bond motifs is 1. The van der Waals surface area contributed by atoms with E-state index in [-0.39, 0.29) is 7.24 Å². The summed E-state index contributed by atoms with van der Waals surface area (Å²) in [6.07, 6.45) is 0.750. The van der Waals surface area contributed by atoms with Gasteiger partial charge in [0.15, 0.2) is 0 Å². The van der Waals surface area contributed by atoms with E-state index in [1.807, 2.05) is 19.9 Å². The van der Waals surface area contributed by atoms with Gasteiger partial charge in [0.2, 0.25) is 0 Å². The van der Waals surface area contributed by atoms with Gasteiger partial charge >= 0.3 is 0 Å². The average molecular weight is 182 g/mol. The van der Waals surface area contributed by atoms with Gasteiger partial charge in [0.25, 0.3) is 0 Å². The first-order chi connectivity index (χ1) is 6.24. The zero-order valence-corrected chi connectivity index (χ0v) is 7.98. The van der Waals surface area contributed by atoms with Gasteiger partial charge in [-0.3, -0.25) is 0 Å². The Morgan fingerprint density at radius 1 is 1.54 bits per heavy atom. The Labute approximate surface area is 79.0 Å². The Morgan fingerprint density at radius 2 is 2.31 bits per heavy atom. The number of rotatable bonds is 1. The van der Waals surface area contributed by atoms with Crippen LogP contribution in [0.15, 0.2) is 6.07 Å². The van der Waals surface area contributed by atoms with Gasteiger partial charge < -0.3 is 4.74 Å². The number of halogens is 1. The van der Waals surface area contributed by atoms with Crippen molar-refractivity contribution in [2.24, 2.45) is 0 Å². The summed E-state index contributed by atoms with van der Waals surface area (Å²) in [4.78, 5) is 0. The van der Waals surface area contributed by atoms with Gasteiger partial charge in [-0.25, -0.2) is 4.39 Å². The fourth-order valence-corrected chi connectivity index (χ4v) is 1.82. The van der Waals surface area contributed by atoms with Crippen molar-refractivity contribution in [2.75, 3.05) is 0 Å². The van der Waals surface area contributed by atoms with Crippen LogP contribution in [0.5, 0.6) is 0 Å². The Hall–Kier alpha value is -0.890. The number of ether oxygens (including phenoxy) is 1. The lowest BCUT2D eigenvalue weighted by molar-refractivity contribution is 0.134. The standard InChI is InChI=1S/C11H13FO.H2/c1-3-8-4-9-5-13-6-10(9)7(2)11(8)12;/h4H,3,5-6H2,1-2H3;1H. The van der Waals surface area contributed by atoms with Crippen LogP contribution in [-0.2, 0) is 24.4 Å². The summed E-state index contributed by atoms with van der Waals surface area (Å²) in [5.41, 5.74) is 3.79. The monoisotopic (exact) mass is 182 g/mol. The van der Waals surface area contributed by atoms with E-state index in [2.05, 4.69) is 0 Å². The number of hydrogen-bond acceptors (Lipinski definition) is 1. The Bertz CT molecular complexity index is 349. The average Bonchev–Trinajstić information content (AvgIpc) is 2.59. The van der Waals surface area contributed by atoms with Crippen LogP contribution in [0.3, 0.4) is 0 Å². The van der Waals surface area contributed by atoms with E-state index in [1.54, 1.807) is 0 Å². The van der Waals surface area contributed by atoms with Crippen LogP contribution >= 0.6 is 0 Å². The molecule has 0 fully saturated rings. The van der Waals surface area contributed by atoms with Crippen molar-refractivity contribution >= 4 is 0 Å². The quantitative estimate of drug-likeness (QED) is 0.648. The van der Waals surface area contributed by atoms with Gasteiger partial charge in [-0.1, -0.05) is 13.0 Å². The van der Waals surface area contributed by atoms with Gasteiger partial charge in [-0.05, 0) is 35.6 Å². The first-order valence-corrected chi connectivity index (χ1v) is 4.61. The highest BCUT2D eigenvalue weighted by molar-refractivity contribution is 5.40. The van der Waals surface area contributed by atoms with E-state index < -0.39 is 0 Å². The van der Waals surface area contributed by atoms with Crippen LogP contribution in [0.1, 0.15) is 30.6 Å². The summed E-state index contributed by atoms with van der Waals surface area (Å²) in [5.74, 6) is -0.0493. The second-order valence-electron chi connectivity index (χ2n) is 3.46. The summed E-state index contributed by atoms with van der Waals surface area (Å²) >= 11 is 0. The van der Waals surface area contributed by atoms with Crippen molar-refractivity contribution in [1.29, 1.82) is 0 Å². The fraction of sp³-hybridized carbons (Fsp3) is 0.455. The van der Waals surface area contributed by atoms with Crippen molar-refractivity contribution in [3.05, 3.63) is 34.1 Å².